The molecule has 2 aromatic carbocycles. The zero-order chi connectivity index (χ0) is 27.5. The van der Waals surface area contributed by atoms with Crippen molar-refractivity contribution < 1.29 is 19.1 Å². The summed E-state index contributed by atoms with van der Waals surface area (Å²) in [6.45, 7) is 9.59. The van der Waals surface area contributed by atoms with E-state index in [1.54, 1.807) is 4.90 Å². The van der Waals surface area contributed by atoms with E-state index in [2.05, 4.69) is 45.1 Å². The van der Waals surface area contributed by atoms with Crippen molar-refractivity contribution in [2.75, 3.05) is 36.5 Å². The highest BCUT2D eigenvalue weighted by atomic mass is 16.6. The molecule has 0 bridgehead atoms. The van der Waals surface area contributed by atoms with E-state index in [-0.39, 0.29) is 24.0 Å². The lowest BCUT2D eigenvalue weighted by Crippen LogP contribution is -2.45. The van der Waals surface area contributed by atoms with Crippen LogP contribution in [0, 0.1) is 5.92 Å². The van der Waals surface area contributed by atoms with Crippen LogP contribution in [-0.2, 0) is 9.53 Å². The minimum absolute atomic E-state index is 0.0749. The Bertz CT molecular complexity index is 1440. The van der Waals surface area contributed by atoms with E-state index in [1.807, 2.05) is 41.1 Å². The van der Waals surface area contributed by atoms with Crippen molar-refractivity contribution in [2.24, 2.45) is 5.92 Å². The number of hydrogen-bond donors (Lipinski definition) is 1. The van der Waals surface area contributed by atoms with Crippen molar-refractivity contribution in [3.8, 4) is 16.9 Å². The van der Waals surface area contributed by atoms with E-state index < -0.39 is 5.60 Å². The van der Waals surface area contributed by atoms with Crippen LogP contribution >= 0.6 is 0 Å². The maximum Gasteiger partial charge on any atom is 0.414 e. The van der Waals surface area contributed by atoms with Crippen molar-refractivity contribution >= 4 is 34.4 Å². The summed E-state index contributed by atoms with van der Waals surface area (Å²) >= 11 is 0. The predicted molar refractivity (Wildman–Crippen MR) is 151 cm³/mol. The molecule has 2 fully saturated rings. The molecule has 1 aromatic heterocycles. The molecule has 1 aliphatic carbocycles. The van der Waals surface area contributed by atoms with E-state index in [0.717, 1.165) is 58.7 Å². The Balaban J connectivity index is 1.40. The number of likely N-dealkylation sites (N-methyl/N-ethyl adjacent to an activating group) is 1. The van der Waals surface area contributed by atoms with Gasteiger partial charge in [-0.05, 0) is 75.9 Å². The first kappa shape index (κ1) is 25.5. The van der Waals surface area contributed by atoms with E-state index in [0.29, 0.717) is 25.6 Å². The van der Waals surface area contributed by atoms with Crippen molar-refractivity contribution in [2.45, 2.75) is 64.7 Å². The average molecular weight is 532 g/mol. The Hall–Kier alpha value is -3.75. The maximum atomic E-state index is 13.1. The number of aromatic nitrogens is 2. The first-order chi connectivity index (χ1) is 18.6. The molecule has 39 heavy (non-hydrogen) atoms. The van der Waals surface area contributed by atoms with Gasteiger partial charge in [-0.1, -0.05) is 6.07 Å². The van der Waals surface area contributed by atoms with Gasteiger partial charge in [-0.25, -0.2) is 9.78 Å². The number of rotatable bonds is 5. The van der Waals surface area contributed by atoms with Crippen LogP contribution in [0.4, 0.5) is 16.2 Å². The van der Waals surface area contributed by atoms with Crippen LogP contribution in [-0.4, -0.2) is 59.9 Å². The molecule has 9 nitrogen and oxygen atoms in total. The Morgan fingerprint density at radius 2 is 1.90 bits per heavy atom. The number of fused-ring (bicyclic) bond motifs is 2. The van der Waals surface area contributed by atoms with Gasteiger partial charge < -0.3 is 24.3 Å². The van der Waals surface area contributed by atoms with Crippen LogP contribution in [0.5, 0.6) is 5.75 Å². The van der Waals surface area contributed by atoms with Crippen LogP contribution in [0.15, 0.2) is 36.7 Å². The third kappa shape index (κ3) is 5.02. The Kier molecular flexibility index (Phi) is 6.19. The smallest absolute Gasteiger partial charge is 0.414 e. The van der Waals surface area contributed by atoms with Crippen molar-refractivity contribution in [1.82, 2.24) is 14.9 Å². The van der Waals surface area contributed by atoms with Crippen LogP contribution in [0.1, 0.15) is 53.0 Å². The van der Waals surface area contributed by atoms with Crippen molar-refractivity contribution in [1.29, 1.82) is 0 Å². The molecule has 2 aliphatic heterocycles. The van der Waals surface area contributed by atoms with Gasteiger partial charge >= 0.3 is 6.09 Å². The van der Waals surface area contributed by atoms with Gasteiger partial charge in [0.25, 0.3) is 0 Å². The van der Waals surface area contributed by atoms with Crippen molar-refractivity contribution in [3.05, 3.63) is 36.7 Å². The van der Waals surface area contributed by atoms with Gasteiger partial charge in [-0.3, -0.25) is 9.69 Å². The monoisotopic (exact) mass is 531 g/mol. The molecule has 2 atom stereocenters. The molecule has 3 aliphatic rings. The number of ether oxygens (including phenoxy) is 2. The highest BCUT2D eigenvalue weighted by molar-refractivity contribution is 5.96. The first-order valence-corrected chi connectivity index (χ1v) is 13.9. The van der Waals surface area contributed by atoms with Gasteiger partial charge in [-0.2, -0.15) is 0 Å². The molecule has 3 heterocycles. The molecule has 2 unspecified atom stereocenters. The molecule has 1 N–H and O–H groups in total. The summed E-state index contributed by atoms with van der Waals surface area (Å²) in [6, 6.07) is 10.8. The maximum absolute atomic E-state index is 13.1. The van der Waals surface area contributed by atoms with Gasteiger partial charge in [0.05, 0.1) is 23.2 Å². The summed E-state index contributed by atoms with van der Waals surface area (Å²) in [5, 5.41) is 2.92. The zero-order valence-electron chi connectivity index (χ0n) is 23.4. The lowest BCUT2D eigenvalue weighted by Gasteiger charge is -2.36. The Morgan fingerprint density at radius 3 is 2.59 bits per heavy atom. The number of nitrogens with one attached hydrogen (secondary N) is 1. The second-order valence-electron chi connectivity index (χ2n) is 12.1. The fourth-order valence-corrected chi connectivity index (χ4v) is 5.51. The van der Waals surface area contributed by atoms with Gasteiger partial charge in [-0.15, -0.1) is 0 Å². The minimum atomic E-state index is -0.577. The molecule has 9 heteroatoms. The Morgan fingerprint density at radius 1 is 1.10 bits per heavy atom. The SMILES string of the molecule is CC(Oc1cc(-c2ccc3c(c2)N(C(=O)OC(C)(C)C)CCN3C)cc2ncn(C3CC3)c12)C1CNC(=O)C1. The summed E-state index contributed by atoms with van der Waals surface area (Å²) in [5.74, 6) is 0.971. The molecule has 3 aromatic rings. The summed E-state index contributed by atoms with van der Waals surface area (Å²) in [4.78, 5) is 33.6. The van der Waals surface area contributed by atoms with Crippen molar-refractivity contribution in [3.63, 3.8) is 0 Å². The van der Waals surface area contributed by atoms with Gasteiger partial charge in [0.2, 0.25) is 5.91 Å². The highest BCUT2D eigenvalue weighted by Gasteiger charge is 2.32. The molecule has 0 radical (unpaired) electrons. The molecular weight excluding hydrogens is 494 g/mol. The molecular formula is C30H37N5O4. The summed E-state index contributed by atoms with van der Waals surface area (Å²) in [5.41, 5.74) is 5.04. The molecule has 1 saturated heterocycles. The molecule has 2 amide bonds. The average Bonchev–Trinajstić information content (AvgIpc) is 3.48. The van der Waals surface area contributed by atoms with E-state index >= 15 is 0 Å². The second kappa shape index (κ2) is 9.47. The molecule has 0 spiro atoms. The topological polar surface area (TPSA) is 88.9 Å². The standard InChI is InChI=1S/C30H37N5O4/c1-18(21-15-27(36)31-16-21)38-26-14-20(12-23-28(26)35(17-32-23)22-7-8-22)19-6-9-24-25(13-19)34(11-10-33(24)5)29(37)39-30(2,3)4/h6,9,12-14,17-18,21-22H,7-8,10-11,15-16H2,1-5H3,(H,31,36). The highest BCUT2D eigenvalue weighted by Crippen LogP contribution is 2.43. The number of nitrogens with zero attached hydrogens (tertiary/aromatic N) is 4. The molecule has 1 saturated carbocycles. The van der Waals surface area contributed by atoms with E-state index in [1.165, 1.54) is 0 Å². The lowest BCUT2D eigenvalue weighted by molar-refractivity contribution is -0.119. The first-order valence-electron chi connectivity index (χ1n) is 13.9. The summed E-state index contributed by atoms with van der Waals surface area (Å²) in [7, 11) is 2.04. The fraction of sp³-hybridized carbons (Fsp3) is 0.500. The normalized spacial score (nSPS) is 20.1. The molecule has 206 valence electrons. The summed E-state index contributed by atoms with van der Waals surface area (Å²) in [6.07, 6.45) is 4.20. The second-order valence-corrected chi connectivity index (χ2v) is 12.1. The number of carbonyl (C=O) groups is 2. The third-order valence-corrected chi connectivity index (χ3v) is 7.84. The van der Waals surface area contributed by atoms with Gasteiger partial charge in [0.1, 0.15) is 23.0 Å². The zero-order valence-corrected chi connectivity index (χ0v) is 23.4. The van der Waals surface area contributed by atoms with Crippen LogP contribution in [0.2, 0.25) is 0 Å². The summed E-state index contributed by atoms with van der Waals surface area (Å²) < 4.78 is 14.6. The number of carbonyl (C=O) groups excluding carboxylic acids is 2. The number of amides is 2. The number of anilines is 2. The van der Waals surface area contributed by atoms with Crippen LogP contribution < -0.4 is 19.9 Å². The minimum Gasteiger partial charge on any atom is -0.488 e. The largest absolute Gasteiger partial charge is 0.488 e. The third-order valence-electron chi connectivity index (χ3n) is 7.84. The van der Waals surface area contributed by atoms with Gasteiger partial charge in [0.15, 0.2) is 0 Å². The Labute approximate surface area is 229 Å². The quantitative estimate of drug-likeness (QED) is 0.491. The van der Waals surface area contributed by atoms with Gasteiger partial charge in [0, 0.05) is 45.1 Å². The van der Waals surface area contributed by atoms with E-state index in [9.17, 15) is 9.59 Å². The number of imidazole rings is 1. The lowest BCUT2D eigenvalue weighted by atomic mass is 10.0. The fourth-order valence-electron chi connectivity index (χ4n) is 5.51. The number of hydrogen-bond acceptors (Lipinski definition) is 6. The number of benzene rings is 2. The van der Waals surface area contributed by atoms with E-state index in [4.69, 9.17) is 14.5 Å². The van der Waals surface area contributed by atoms with Crippen LogP contribution in [0.25, 0.3) is 22.2 Å². The molecule has 6 rings (SSSR count). The van der Waals surface area contributed by atoms with Crippen LogP contribution in [0.3, 0.4) is 0 Å². The predicted octanol–water partition coefficient (Wildman–Crippen LogP) is 5.13.